The maximum Gasteiger partial charge on any atom is 0.141 e. The minimum Gasteiger partial charge on any atom is -0.313 e. The molecule has 0 radical (unpaired) electrons. The first-order chi connectivity index (χ1) is 10.2. The summed E-state index contributed by atoms with van der Waals surface area (Å²) in [5.74, 6) is 0.603. The van der Waals surface area contributed by atoms with Gasteiger partial charge in [0.1, 0.15) is 5.82 Å². The van der Waals surface area contributed by atoms with Gasteiger partial charge in [0.15, 0.2) is 0 Å². The van der Waals surface area contributed by atoms with Gasteiger partial charge in [0.25, 0.3) is 0 Å². The van der Waals surface area contributed by atoms with Crippen molar-refractivity contribution in [1.82, 2.24) is 5.32 Å². The summed E-state index contributed by atoms with van der Waals surface area (Å²) in [6, 6.07) is 15.6. The van der Waals surface area contributed by atoms with E-state index in [0.717, 1.165) is 24.3 Å². The van der Waals surface area contributed by atoms with Crippen molar-refractivity contribution in [3.05, 3.63) is 64.9 Å². The largest absolute Gasteiger partial charge is 0.313 e. The molecular weight excluding hydrogens is 305 g/mol. The minimum atomic E-state index is -0.362. The number of nitrogens with one attached hydrogen (secondary N) is 1. The fraction of sp³-hybridized carbons (Fsp3) is 0.294. The third-order valence-electron chi connectivity index (χ3n) is 3.15. The van der Waals surface area contributed by atoms with E-state index in [9.17, 15) is 4.39 Å². The van der Waals surface area contributed by atoms with E-state index in [2.05, 4.69) is 24.4 Å². The highest BCUT2D eigenvalue weighted by molar-refractivity contribution is 7.99. The van der Waals surface area contributed by atoms with Crippen LogP contribution in [0.15, 0.2) is 53.4 Å². The molecule has 0 spiro atoms. The molecule has 2 rings (SSSR count). The Morgan fingerprint density at radius 2 is 1.95 bits per heavy atom. The van der Waals surface area contributed by atoms with E-state index in [1.54, 1.807) is 12.1 Å². The quantitative estimate of drug-likeness (QED) is 0.735. The predicted octanol–water partition coefficient (Wildman–Crippen LogP) is 4.79. The van der Waals surface area contributed by atoms with Gasteiger partial charge in [-0.1, -0.05) is 42.8 Å². The van der Waals surface area contributed by atoms with Gasteiger partial charge in [-0.05, 0) is 42.8 Å². The molecule has 0 bridgehead atoms. The van der Waals surface area contributed by atoms with Crippen LogP contribution < -0.4 is 5.32 Å². The highest BCUT2D eigenvalue weighted by atomic mass is 35.5. The van der Waals surface area contributed by atoms with Crippen LogP contribution in [0.5, 0.6) is 0 Å². The first-order valence-electron chi connectivity index (χ1n) is 7.04. The van der Waals surface area contributed by atoms with E-state index in [4.69, 9.17) is 11.6 Å². The SMILES string of the molecule is CCNC(CSc1ccccc1)Cc1ccc(F)c(Cl)c1. The maximum atomic E-state index is 13.2. The summed E-state index contributed by atoms with van der Waals surface area (Å²) in [6.07, 6.45) is 0.841. The average molecular weight is 324 g/mol. The van der Waals surface area contributed by atoms with Gasteiger partial charge in [0.05, 0.1) is 5.02 Å². The Morgan fingerprint density at radius 1 is 1.19 bits per heavy atom. The Morgan fingerprint density at radius 3 is 2.62 bits per heavy atom. The number of benzene rings is 2. The van der Waals surface area contributed by atoms with Crippen LogP contribution >= 0.6 is 23.4 Å². The summed E-state index contributed by atoms with van der Waals surface area (Å²) < 4.78 is 13.2. The van der Waals surface area contributed by atoms with Gasteiger partial charge in [0.2, 0.25) is 0 Å². The molecule has 0 aliphatic heterocycles. The number of thioether (sulfide) groups is 1. The molecule has 0 heterocycles. The summed E-state index contributed by atoms with van der Waals surface area (Å²) in [7, 11) is 0. The Balaban J connectivity index is 1.96. The molecule has 1 unspecified atom stereocenters. The molecule has 1 nitrogen and oxygen atoms in total. The third kappa shape index (κ3) is 5.34. The summed E-state index contributed by atoms with van der Waals surface area (Å²) in [4.78, 5) is 1.26. The Hall–Kier alpha value is -1.03. The van der Waals surface area contributed by atoms with E-state index >= 15 is 0 Å². The first-order valence-corrected chi connectivity index (χ1v) is 8.40. The average Bonchev–Trinajstić information content (AvgIpc) is 2.50. The topological polar surface area (TPSA) is 12.0 Å². The van der Waals surface area contributed by atoms with Crippen LogP contribution in [0, 0.1) is 5.82 Å². The van der Waals surface area contributed by atoms with E-state index in [-0.39, 0.29) is 10.8 Å². The van der Waals surface area contributed by atoms with Gasteiger partial charge >= 0.3 is 0 Å². The number of rotatable bonds is 7. The minimum absolute atomic E-state index is 0.193. The zero-order chi connectivity index (χ0) is 15.1. The first kappa shape index (κ1) is 16.3. The molecular formula is C17H19ClFNS. The summed E-state index contributed by atoms with van der Waals surface area (Å²) in [5.41, 5.74) is 1.06. The smallest absolute Gasteiger partial charge is 0.141 e. The fourth-order valence-corrected chi connectivity index (χ4v) is 3.33. The molecule has 0 saturated carbocycles. The van der Waals surface area contributed by atoms with Crippen molar-refractivity contribution in [2.24, 2.45) is 0 Å². The normalized spacial score (nSPS) is 12.3. The van der Waals surface area contributed by atoms with Crippen LogP contribution in [-0.2, 0) is 6.42 Å². The van der Waals surface area contributed by atoms with Crippen molar-refractivity contribution >= 4 is 23.4 Å². The lowest BCUT2D eigenvalue weighted by atomic mass is 10.1. The zero-order valence-corrected chi connectivity index (χ0v) is 13.6. The molecule has 0 saturated heterocycles. The molecule has 1 N–H and O–H groups in total. The number of hydrogen-bond donors (Lipinski definition) is 1. The fourth-order valence-electron chi connectivity index (χ4n) is 2.14. The van der Waals surface area contributed by atoms with Gasteiger partial charge < -0.3 is 5.32 Å². The number of halogens is 2. The summed E-state index contributed by atoms with van der Waals surface area (Å²) in [6.45, 7) is 3.01. The second-order valence-corrected chi connectivity index (χ2v) is 6.33. The molecule has 0 fully saturated rings. The Bertz CT molecular complexity index is 562. The maximum absolute atomic E-state index is 13.2. The summed E-state index contributed by atoms with van der Waals surface area (Å²) in [5, 5.41) is 3.67. The molecule has 0 aliphatic rings. The van der Waals surface area contributed by atoms with Crippen molar-refractivity contribution in [2.75, 3.05) is 12.3 Å². The molecule has 1 atom stereocenters. The number of likely N-dealkylation sites (N-methyl/N-ethyl adjacent to an activating group) is 1. The van der Waals surface area contributed by atoms with Crippen LogP contribution in [0.1, 0.15) is 12.5 Å². The number of hydrogen-bond acceptors (Lipinski definition) is 2. The van der Waals surface area contributed by atoms with Gasteiger partial charge in [-0.25, -0.2) is 4.39 Å². The highest BCUT2D eigenvalue weighted by Crippen LogP contribution is 2.21. The lowest BCUT2D eigenvalue weighted by molar-refractivity contribution is 0.571. The van der Waals surface area contributed by atoms with Crippen LogP contribution in [0.2, 0.25) is 5.02 Å². The molecule has 0 amide bonds. The van der Waals surface area contributed by atoms with Crippen LogP contribution in [0.25, 0.3) is 0 Å². The molecule has 4 heteroatoms. The molecule has 0 aliphatic carbocycles. The van der Waals surface area contributed by atoms with E-state index in [1.807, 2.05) is 30.0 Å². The van der Waals surface area contributed by atoms with Gasteiger partial charge in [-0.2, -0.15) is 0 Å². The lowest BCUT2D eigenvalue weighted by Gasteiger charge is -2.18. The van der Waals surface area contributed by atoms with Crippen molar-refractivity contribution in [3.63, 3.8) is 0 Å². The zero-order valence-electron chi connectivity index (χ0n) is 12.0. The molecule has 2 aromatic carbocycles. The lowest BCUT2D eigenvalue weighted by Crippen LogP contribution is -2.33. The van der Waals surface area contributed by atoms with E-state index in [0.29, 0.717) is 6.04 Å². The Kier molecular flexibility index (Phi) is 6.55. The molecule has 21 heavy (non-hydrogen) atoms. The van der Waals surface area contributed by atoms with Gasteiger partial charge in [-0.3, -0.25) is 0 Å². The van der Waals surface area contributed by atoms with Crippen molar-refractivity contribution < 1.29 is 4.39 Å². The van der Waals surface area contributed by atoms with Crippen molar-refractivity contribution in [2.45, 2.75) is 24.3 Å². The second kappa shape index (κ2) is 8.42. The van der Waals surface area contributed by atoms with Gasteiger partial charge in [0, 0.05) is 16.7 Å². The van der Waals surface area contributed by atoms with Crippen LogP contribution in [-0.4, -0.2) is 18.3 Å². The monoisotopic (exact) mass is 323 g/mol. The molecule has 112 valence electrons. The summed E-state index contributed by atoms with van der Waals surface area (Å²) >= 11 is 7.67. The van der Waals surface area contributed by atoms with Crippen LogP contribution in [0.3, 0.4) is 0 Å². The van der Waals surface area contributed by atoms with Crippen molar-refractivity contribution in [1.29, 1.82) is 0 Å². The van der Waals surface area contributed by atoms with Gasteiger partial charge in [-0.15, -0.1) is 11.8 Å². The van der Waals surface area contributed by atoms with Crippen LogP contribution in [0.4, 0.5) is 4.39 Å². The standard InChI is InChI=1S/C17H19ClFNS/c1-2-20-14(12-21-15-6-4-3-5-7-15)10-13-8-9-17(19)16(18)11-13/h3-9,11,14,20H,2,10,12H2,1H3. The van der Waals surface area contributed by atoms with E-state index < -0.39 is 0 Å². The Labute approximate surface area is 134 Å². The van der Waals surface area contributed by atoms with E-state index in [1.165, 1.54) is 11.0 Å². The highest BCUT2D eigenvalue weighted by Gasteiger charge is 2.10. The second-order valence-electron chi connectivity index (χ2n) is 4.83. The third-order valence-corrected chi connectivity index (χ3v) is 4.62. The molecule has 0 aromatic heterocycles. The van der Waals surface area contributed by atoms with Crippen molar-refractivity contribution in [3.8, 4) is 0 Å². The predicted molar refractivity (Wildman–Crippen MR) is 89.7 cm³/mol. The molecule has 2 aromatic rings.